The number of methoxy groups -OCH3 is 1. The molecular formula is C17H27N5O4S2. The molecule has 0 bridgehead atoms. The number of carbonyl (C=O) groups excluding carboxylic acids is 2. The van der Waals surface area contributed by atoms with Crippen LogP contribution in [0.4, 0.5) is 0 Å². The van der Waals surface area contributed by atoms with Gasteiger partial charge in [0.25, 0.3) is 0 Å². The van der Waals surface area contributed by atoms with Crippen LogP contribution in [0.15, 0.2) is 10.5 Å². The van der Waals surface area contributed by atoms with Crippen molar-refractivity contribution in [1.29, 1.82) is 0 Å². The Morgan fingerprint density at radius 3 is 2.61 bits per heavy atom. The molecule has 0 unspecified atom stereocenters. The standard InChI is InChI=1S/C17H27N5O4S2/c1-6-10(4)14(21-22-18)15(23)19-11(9(2)3)7-13(26-27)16-20-12(8-28-16)17(24)25-5/h8-11,13-14,27H,6-7H2,1-5H3,(H,19,23)/t10-,11+,13+,14-/m0/s1. The topological polar surface area (TPSA) is 126 Å². The van der Waals surface area contributed by atoms with Crippen molar-refractivity contribution in [3.63, 3.8) is 0 Å². The SMILES string of the molecule is CC[C@H](C)[C@H](N=[N+]=[N-])C(=O)N[C@H](C[C@@H](OS)c1nc(C(=O)OC)cs1)C(C)C. The van der Waals surface area contributed by atoms with Crippen LogP contribution in [0.3, 0.4) is 0 Å². The molecule has 0 saturated carbocycles. The van der Waals surface area contributed by atoms with E-state index in [1.165, 1.54) is 18.4 Å². The zero-order valence-corrected chi connectivity index (χ0v) is 18.4. The van der Waals surface area contributed by atoms with E-state index in [1.54, 1.807) is 5.38 Å². The normalized spacial score (nSPS) is 15.2. The van der Waals surface area contributed by atoms with E-state index in [-0.39, 0.29) is 29.5 Å². The summed E-state index contributed by atoms with van der Waals surface area (Å²) in [4.78, 5) is 31.3. The number of rotatable bonds is 11. The number of aromatic nitrogens is 1. The maximum atomic E-state index is 12.7. The molecule has 1 rings (SSSR count). The van der Waals surface area contributed by atoms with Crippen LogP contribution in [0.1, 0.15) is 62.1 Å². The molecule has 0 radical (unpaired) electrons. The molecule has 1 aromatic heterocycles. The van der Waals surface area contributed by atoms with E-state index in [4.69, 9.17) is 9.71 Å². The van der Waals surface area contributed by atoms with Gasteiger partial charge in [-0.05, 0) is 30.3 Å². The number of hydrogen-bond acceptors (Lipinski definition) is 8. The van der Waals surface area contributed by atoms with Crippen molar-refractivity contribution in [3.05, 3.63) is 26.5 Å². The number of esters is 1. The van der Waals surface area contributed by atoms with Gasteiger partial charge in [-0.25, -0.2) is 9.78 Å². The van der Waals surface area contributed by atoms with Gasteiger partial charge in [-0.3, -0.25) is 4.79 Å². The third kappa shape index (κ3) is 6.66. The lowest BCUT2D eigenvalue weighted by atomic mass is 9.95. The first kappa shape index (κ1) is 24.2. The van der Waals surface area contributed by atoms with E-state index in [9.17, 15) is 9.59 Å². The fourth-order valence-corrected chi connectivity index (χ4v) is 3.61. The van der Waals surface area contributed by atoms with Gasteiger partial charge in [-0.15, -0.1) is 11.3 Å². The molecule has 0 fully saturated rings. The van der Waals surface area contributed by atoms with Gasteiger partial charge >= 0.3 is 5.97 Å². The van der Waals surface area contributed by atoms with Crippen molar-refractivity contribution in [3.8, 4) is 0 Å². The Hall–Kier alpha value is -1.81. The molecule has 4 atom stereocenters. The highest BCUT2D eigenvalue weighted by Crippen LogP contribution is 2.29. The van der Waals surface area contributed by atoms with E-state index in [2.05, 4.69) is 38.0 Å². The third-order valence-electron chi connectivity index (χ3n) is 4.55. The number of hydrogen-bond donors (Lipinski definition) is 2. The summed E-state index contributed by atoms with van der Waals surface area (Å²) in [6.45, 7) is 7.74. The van der Waals surface area contributed by atoms with Crippen LogP contribution in [0.2, 0.25) is 0 Å². The molecule has 1 amide bonds. The molecular weight excluding hydrogens is 402 g/mol. The molecule has 0 spiro atoms. The molecule has 0 aliphatic rings. The lowest BCUT2D eigenvalue weighted by Gasteiger charge is -2.27. The Bertz CT molecular complexity index is 705. The minimum Gasteiger partial charge on any atom is -0.464 e. The summed E-state index contributed by atoms with van der Waals surface area (Å²) in [7, 11) is 1.29. The van der Waals surface area contributed by atoms with Gasteiger partial charge in [-0.2, -0.15) is 0 Å². The van der Waals surface area contributed by atoms with Crippen molar-refractivity contribution in [2.75, 3.05) is 7.11 Å². The fourth-order valence-electron chi connectivity index (χ4n) is 2.52. The number of nitrogens with zero attached hydrogens (tertiary/aromatic N) is 4. The van der Waals surface area contributed by atoms with E-state index in [1.807, 2.05) is 27.7 Å². The van der Waals surface area contributed by atoms with Crippen LogP contribution in [0.5, 0.6) is 0 Å². The number of azide groups is 1. The van der Waals surface area contributed by atoms with Crippen LogP contribution in [-0.2, 0) is 13.7 Å². The first-order valence-corrected chi connectivity index (χ1v) is 10.2. The summed E-state index contributed by atoms with van der Waals surface area (Å²) in [5.74, 6) is -0.848. The van der Waals surface area contributed by atoms with Crippen molar-refractivity contribution in [2.24, 2.45) is 17.0 Å². The smallest absolute Gasteiger partial charge is 0.357 e. The van der Waals surface area contributed by atoms with E-state index in [0.29, 0.717) is 17.8 Å². The van der Waals surface area contributed by atoms with Crippen molar-refractivity contribution in [1.82, 2.24) is 10.3 Å². The maximum Gasteiger partial charge on any atom is 0.357 e. The minimum absolute atomic E-state index is 0.0813. The summed E-state index contributed by atoms with van der Waals surface area (Å²) in [6, 6.07) is -1.05. The summed E-state index contributed by atoms with van der Waals surface area (Å²) in [6.07, 6.45) is 0.576. The number of nitrogens with one attached hydrogen (secondary N) is 1. The highest BCUT2D eigenvalue weighted by atomic mass is 32.1. The number of thiazole rings is 1. The van der Waals surface area contributed by atoms with Gasteiger partial charge in [0.15, 0.2) is 5.69 Å². The Kier molecular flexibility index (Phi) is 10.3. The van der Waals surface area contributed by atoms with E-state index < -0.39 is 18.1 Å². The molecule has 1 aromatic rings. The molecule has 28 heavy (non-hydrogen) atoms. The zero-order valence-electron chi connectivity index (χ0n) is 16.7. The van der Waals surface area contributed by atoms with Crippen LogP contribution in [-0.4, -0.2) is 36.1 Å². The Labute approximate surface area is 174 Å². The summed E-state index contributed by atoms with van der Waals surface area (Å²) >= 11 is 5.19. The Morgan fingerprint density at radius 2 is 2.11 bits per heavy atom. The Balaban J connectivity index is 2.95. The molecule has 0 aliphatic heterocycles. The van der Waals surface area contributed by atoms with Crippen LogP contribution in [0, 0.1) is 11.8 Å². The summed E-state index contributed by atoms with van der Waals surface area (Å²) < 4.78 is 9.92. The number of carbonyl (C=O) groups is 2. The van der Waals surface area contributed by atoms with Gasteiger partial charge in [0, 0.05) is 22.8 Å². The van der Waals surface area contributed by atoms with E-state index >= 15 is 0 Å². The van der Waals surface area contributed by atoms with Crippen LogP contribution < -0.4 is 5.32 Å². The fraction of sp³-hybridized carbons (Fsp3) is 0.706. The van der Waals surface area contributed by atoms with Gasteiger partial charge in [0.1, 0.15) is 17.2 Å². The lowest BCUT2D eigenvalue weighted by molar-refractivity contribution is -0.124. The average Bonchev–Trinajstić information content (AvgIpc) is 3.17. The molecule has 0 aromatic carbocycles. The second-order valence-electron chi connectivity index (χ2n) is 6.79. The molecule has 1 heterocycles. The number of ether oxygens (including phenoxy) is 1. The molecule has 0 aliphatic carbocycles. The first-order chi connectivity index (χ1) is 13.3. The highest BCUT2D eigenvalue weighted by molar-refractivity contribution is 7.75. The largest absolute Gasteiger partial charge is 0.464 e. The van der Waals surface area contributed by atoms with E-state index in [0.717, 1.165) is 0 Å². The summed E-state index contributed by atoms with van der Waals surface area (Å²) in [5.41, 5.74) is 8.97. The molecule has 1 N–H and O–H groups in total. The lowest BCUT2D eigenvalue weighted by Crippen LogP contribution is -2.45. The maximum absolute atomic E-state index is 12.7. The zero-order chi connectivity index (χ0) is 21.3. The van der Waals surface area contributed by atoms with Crippen molar-refractivity contribution >= 4 is 36.1 Å². The van der Waals surface area contributed by atoms with Crippen LogP contribution >= 0.6 is 24.2 Å². The molecule has 9 nitrogen and oxygen atoms in total. The quantitative estimate of drug-likeness (QED) is 0.137. The summed E-state index contributed by atoms with van der Waals surface area (Å²) in [5, 5.41) is 8.76. The molecule has 156 valence electrons. The van der Waals surface area contributed by atoms with Gasteiger partial charge in [-0.1, -0.05) is 39.2 Å². The molecule has 11 heteroatoms. The van der Waals surface area contributed by atoms with Gasteiger partial charge in [0.2, 0.25) is 5.91 Å². The monoisotopic (exact) mass is 429 g/mol. The first-order valence-electron chi connectivity index (χ1n) is 8.97. The number of thiol groups is 1. The molecule has 0 saturated heterocycles. The predicted molar refractivity (Wildman–Crippen MR) is 110 cm³/mol. The van der Waals surface area contributed by atoms with Crippen LogP contribution in [0.25, 0.3) is 10.4 Å². The van der Waals surface area contributed by atoms with Gasteiger partial charge in [0.05, 0.1) is 7.11 Å². The second kappa shape index (κ2) is 11.9. The minimum atomic E-state index is -0.780. The van der Waals surface area contributed by atoms with Crippen molar-refractivity contribution in [2.45, 2.75) is 58.7 Å². The second-order valence-corrected chi connectivity index (χ2v) is 7.89. The number of amides is 1. The average molecular weight is 430 g/mol. The third-order valence-corrected chi connectivity index (χ3v) is 5.74. The van der Waals surface area contributed by atoms with Crippen molar-refractivity contribution < 1.29 is 18.5 Å². The Morgan fingerprint density at radius 1 is 1.43 bits per heavy atom. The van der Waals surface area contributed by atoms with Gasteiger partial charge < -0.3 is 14.2 Å². The predicted octanol–water partition coefficient (Wildman–Crippen LogP) is 4.09. The highest BCUT2D eigenvalue weighted by Gasteiger charge is 2.29.